The Kier molecular flexibility index (Phi) is 9.47. The lowest BCUT2D eigenvalue weighted by Gasteiger charge is -2.17. The number of carbonyl (C=O) groups excluding carboxylic acids is 4. The quantitative estimate of drug-likeness (QED) is 0.202. The fourth-order valence-corrected chi connectivity index (χ4v) is 2.83. The highest BCUT2D eigenvalue weighted by Gasteiger charge is 2.51. The van der Waals surface area contributed by atoms with Crippen LogP contribution in [0.5, 0.6) is 0 Å². The molecule has 2 heterocycles. The van der Waals surface area contributed by atoms with E-state index in [1.54, 1.807) is 0 Å². The lowest BCUT2D eigenvalue weighted by atomic mass is 10.1. The lowest BCUT2D eigenvalue weighted by Crippen LogP contribution is -2.40. The number of ether oxygens (including phenoxy) is 6. The van der Waals surface area contributed by atoms with Crippen LogP contribution in [0.2, 0.25) is 0 Å². The highest BCUT2D eigenvalue weighted by molar-refractivity contribution is 5.87. The molecule has 2 amide bonds. The molecule has 0 aromatic heterocycles. The summed E-state index contributed by atoms with van der Waals surface area (Å²) in [6.45, 7) is 10.2. The first-order valence-corrected chi connectivity index (χ1v) is 9.96. The molecule has 0 aliphatic carbocycles. The molecule has 2 rings (SSSR count). The zero-order valence-electron chi connectivity index (χ0n) is 18.0. The Morgan fingerprint density at radius 2 is 1.16 bits per heavy atom. The van der Waals surface area contributed by atoms with Gasteiger partial charge in [-0.25, -0.2) is 19.2 Å². The average Bonchev–Trinajstić information content (AvgIpc) is 3.31. The van der Waals surface area contributed by atoms with Crippen LogP contribution >= 0.6 is 0 Å². The van der Waals surface area contributed by atoms with Gasteiger partial charge in [0.15, 0.2) is 12.2 Å². The van der Waals surface area contributed by atoms with Crippen LogP contribution in [-0.4, -0.2) is 88.1 Å². The van der Waals surface area contributed by atoms with E-state index in [1.165, 1.54) is 13.8 Å². The van der Waals surface area contributed by atoms with Crippen LogP contribution in [0.1, 0.15) is 13.8 Å². The summed E-state index contributed by atoms with van der Waals surface area (Å²) in [6.07, 6.45) is -3.98. The van der Waals surface area contributed by atoms with Gasteiger partial charge in [-0.05, 0) is 13.8 Å². The molecule has 0 radical (unpaired) electrons. The van der Waals surface area contributed by atoms with E-state index in [0.717, 1.165) is 0 Å². The van der Waals surface area contributed by atoms with Crippen LogP contribution in [0.15, 0.2) is 24.3 Å². The highest BCUT2D eigenvalue weighted by atomic mass is 16.7. The van der Waals surface area contributed by atoms with Crippen LogP contribution in [0.4, 0.5) is 9.59 Å². The summed E-state index contributed by atoms with van der Waals surface area (Å²) >= 11 is 0. The molecule has 12 heteroatoms. The molecule has 0 bridgehead atoms. The van der Waals surface area contributed by atoms with Gasteiger partial charge < -0.3 is 39.1 Å². The number of rotatable bonds is 10. The molecule has 2 fully saturated rings. The highest BCUT2D eigenvalue weighted by Crippen LogP contribution is 2.30. The molecule has 2 aliphatic rings. The van der Waals surface area contributed by atoms with Crippen LogP contribution in [0.3, 0.4) is 0 Å². The predicted molar refractivity (Wildman–Crippen MR) is 108 cm³/mol. The van der Waals surface area contributed by atoms with E-state index in [1.807, 2.05) is 0 Å². The lowest BCUT2D eigenvalue weighted by molar-refractivity contribution is -0.139. The second kappa shape index (κ2) is 12.1. The van der Waals surface area contributed by atoms with Gasteiger partial charge in [0.25, 0.3) is 0 Å². The van der Waals surface area contributed by atoms with Crippen molar-refractivity contribution in [2.24, 2.45) is 0 Å². The van der Waals surface area contributed by atoms with Crippen molar-refractivity contribution in [3.63, 3.8) is 0 Å². The first-order valence-electron chi connectivity index (χ1n) is 9.96. The Bertz CT molecular complexity index is 691. The third-order valence-electron chi connectivity index (χ3n) is 4.39. The number of hydrogen-bond acceptors (Lipinski definition) is 10. The molecule has 2 aliphatic heterocycles. The van der Waals surface area contributed by atoms with Gasteiger partial charge in [0.1, 0.15) is 25.4 Å². The van der Waals surface area contributed by atoms with Crippen molar-refractivity contribution in [2.45, 2.75) is 38.3 Å². The van der Waals surface area contributed by atoms with E-state index < -0.39 is 48.5 Å². The molecular weight excluding hydrogens is 428 g/mol. The summed E-state index contributed by atoms with van der Waals surface area (Å²) < 4.78 is 31.4. The number of nitrogens with one attached hydrogen (secondary N) is 2. The number of esters is 2. The van der Waals surface area contributed by atoms with Crippen LogP contribution in [0.25, 0.3) is 0 Å². The first-order chi connectivity index (χ1) is 15.2. The average molecular weight is 456 g/mol. The topological polar surface area (TPSA) is 148 Å². The zero-order chi connectivity index (χ0) is 23.7. The number of carbonyl (C=O) groups is 4. The largest absolute Gasteiger partial charge is 0.460 e. The van der Waals surface area contributed by atoms with Crippen LogP contribution in [0, 0.1) is 0 Å². The standard InChI is InChI=1S/C20H28N2O10/c1-11(2)17(23)27-7-5-21-19(25)31-13-9-29-16-14(10-30-15(13)16)32-20(26)22-6-8-28-18(24)12(3)4/h13-16H,1,3,5-10H2,2,4H3,(H,21,25)(H,22,26)/t13-,14-,15-,16-/m1/s1. The maximum atomic E-state index is 11.9. The molecule has 12 nitrogen and oxygen atoms in total. The second-order valence-electron chi connectivity index (χ2n) is 7.17. The molecule has 2 N–H and O–H groups in total. The van der Waals surface area contributed by atoms with Crippen LogP contribution < -0.4 is 10.6 Å². The minimum absolute atomic E-state index is 0.0259. The third kappa shape index (κ3) is 7.54. The smallest absolute Gasteiger partial charge is 0.407 e. The normalized spacial score (nSPS) is 23.4. The van der Waals surface area contributed by atoms with E-state index in [9.17, 15) is 19.2 Å². The Hall–Kier alpha value is -3.12. The monoisotopic (exact) mass is 456 g/mol. The summed E-state index contributed by atoms with van der Waals surface area (Å²) in [4.78, 5) is 46.4. The first kappa shape index (κ1) is 25.1. The maximum Gasteiger partial charge on any atom is 0.407 e. The number of fused-ring (bicyclic) bond motifs is 1. The van der Waals surface area contributed by atoms with Crippen molar-refractivity contribution in [1.29, 1.82) is 0 Å². The fraction of sp³-hybridized carbons (Fsp3) is 0.600. The molecule has 0 unspecified atom stereocenters. The molecule has 0 spiro atoms. The molecule has 0 aromatic rings. The molecular formula is C20H28N2O10. The van der Waals surface area contributed by atoms with Crippen LogP contribution in [-0.2, 0) is 38.0 Å². The van der Waals surface area contributed by atoms with Crippen molar-refractivity contribution in [1.82, 2.24) is 10.6 Å². The summed E-state index contributed by atoms with van der Waals surface area (Å²) in [6, 6.07) is 0. The van der Waals surface area contributed by atoms with Gasteiger partial charge in [-0.2, -0.15) is 0 Å². The maximum absolute atomic E-state index is 11.9. The van der Waals surface area contributed by atoms with E-state index in [-0.39, 0.29) is 50.7 Å². The Labute approximate surface area is 185 Å². The summed E-state index contributed by atoms with van der Waals surface area (Å²) in [7, 11) is 0. The van der Waals surface area contributed by atoms with Crippen molar-refractivity contribution in [2.75, 3.05) is 39.5 Å². The second-order valence-corrected chi connectivity index (χ2v) is 7.17. The number of amides is 2. The van der Waals surface area contributed by atoms with E-state index in [4.69, 9.17) is 28.4 Å². The Balaban J connectivity index is 1.65. The van der Waals surface area contributed by atoms with Gasteiger partial charge in [0.05, 0.1) is 26.3 Å². The Morgan fingerprint density at radius 1 is 0.781 bits per heavy atom. The minimum atomic E-state index is -0.722. The van der Waals surface area contributed by atoms with Gasteiger partial charge in [0, 0.05) is 11.1 Å². The fourth-order valence-electron chi connectivity index (χ4n) is 2.83. The third-order valence-corrected chi connectivity index (χ3v) is 4.39. The molecule has 32 heavy (non-hydrogen) atoms. The van der Waals surface area contributed by atoms with Crippen molar-refractivity contribution in [3.05, 3.63) is 24.3 Å². The van der Waals surface area contributed by atoms with E-state index in [2.05, 4.69) is 23.8 Å². The SMILES string of the molecule is C=C(C)C(=O)OCCNC(=O)O[C@@H]1CO[C@H]2[C@@H]1OC[C@H]2OC(=O)NCCOC(=O)C(=C)C. The molecule has 178 valence electrons. The summed E-state index contributed by atoms with van der Waals surface area (Å²) in [5, 5.41) is 4.91. The van der Waals surface area contributed by atoms with Gasteiger partial charge in [-0.3, -0.25) is 0 Å². The Morgan fingerprint density at radius 3 is 1.50 bits per heavy atom. The summed E-state index contributed by atoms with van der Waals surface area (Å²) in [5.41, 5.74) is 0.522. The molecule has 4 atom stereocenters. The van der Waals surface area contributed by atoms with Gasteiger partial charge in [-0.1, -0.05) is 13.2 Å². The number of alkyl carbamates (subject to hydrolysis) is 2. The predicted octanol–water partition coefficient (Wildman–Crippen LogP) is 0.212. The molecule has 2 saturated heterocycles. The van der Waals surface area contributed by atoms with E-state index in [0.29, 0.717) is 0 Å². The summed E-state index contributed by atoms with van der Waals surface area (Å²) in [5.74, 6) is -1.09. The number of hydrogen-bond donors (Lipinski definition) is 2. The van der Waals surface area contributed by atoms with Crippen molar-refractivity contribution < 1.29 is 47.6 Å². The van der Waals surface area contributed by atoms with Gasteiger partial charge in [0.2, 0.25) is 0 Å². The zero-order valence-corrected chi connectivity index (χ0v) is 18.0. The molecule has 0 saturated carbocycles. The van der Waals surface area contributed by atoms with Crippen molar-refractivity contribution in [3.8, 4) is 0 Å². The van der Waals surface area contributed by atoms with Crippen molar-refractivity contribution >= 4 is 24.1 Å². The minimum Gasteiger partial charge on any atom is -0.460 e. The van der Waals surface area contributed by atoms with Gasteiger partial charge >= 0.3 is 24.1 Å². The molecule has 0 aromatic carbocycles. The van der Waals surface area contributed by atoms with Gasteiger partial charge in [-0.15, -0.1) is 0 Å². The van der Waals surface area contributed by atoms with E-state index >= 15 is 0 Å².